The number of ether oxygens (including phenoxy) is 1. The minimum Gasteiger partial charge on any atom is -0.399 e. The normalized spacial score (nSPS) is 14.6. The van der Waals surface area contributed by atoms with Gasteiger partial charge in [-0.2, -0.15) is 0 Å². The lowest BCUT2D eigenvalue weighted by Crippen LogP contribution is -2.19. The highest BCUT2D eigenvalue weighted by Gasteiger charge is 2.09. The van der Waals surface area contributed by atoms with Gasteiger partial charge in [-0.25, -0.2) is 0 Å². The van der Waals surface area contributed by atoms with E-state index in [1.807, 2.05) is 37.3 Å². The maximum Gasteiger partial charge on any atom is 0.106 e. The predicted octanol–water partition coefficient (Wildman–Crippen LogP) is 2.22. The van der Waals surface area contributed by atoms with E-state index in [1.165, 1.54) is 7.11 Å². The van der Waals surface area contributed by atoms with E-state index < -0.39 is 6.10 Å². The van der Waals surface area contributed by atoms with Crippen LogP contribution in [0.25, 0.3) is 0 Å². The van der Waals surface area contributed by atoms with Gasteiger partial charge in [0, 0.05) is 6.21 Å². The van der Waals surface area contributed by atoms with Crippen molar-refractivity contribution in [1.82, 2.24) is 0 Å². The molecule has 0 radical (unpaired) electrons. The maximum absolute atomic E-state index is 9.77. The van der Waals surface area contributed by atoms with Crippen molar-refractivity contribution in [3.63, 3.8) is 0 Å². The van der Waals surface area contributed by atoms with E-state index in [9.17, 15) is 5.11 Å². The topological polar surface area (TPSA) is 51.0 Å². The molecular formula is C14H21NO3. The lowest BCUT2D eigenvalue weighted by atomic mass is 10.1. The summed E-state index contributed by atoms with van der Waals surface area (Å²) in [4.78, 5) is 4.59. The van der Waals surface area contributed by atoms with Crippen LogP contribution in [0.2, 0.25) is 0 Å². The second-order valence-corrected chi connectivity index (χ2v) is 4.30. The van der Waals surface area contributed by atoms with Crippen LogP contribution in [0.3, 0.4) is 0 Å². The zero-order chi connectivity index (χ0) is 13.2. The smallest absolute Gasteiger partial charge is 0.106 e. The molecule has 0 spiro atoms. The van der Waals surface area contributed by atoms with Gasteiger partial charge in [-0.05, 0) is 17.9 Å². The van der Waals surface area contributed by atoms with Gasteiger partial charge in [-0.15, -0.1) is 0 Å². The van der Waals surface area contributed by atoms with Gasteiger partial charge in [-0.1, -0.05) is 42.4 Å². The molecule has 2 unspecified atom stereocenters. The van der Waals surface area contributed by atoms with Crippen LogP contribution >= 0.6 is 0 Å². The van der Waals surface area contributed by atoms with Gasteiger partial charge in [0.1, 0.15) is 7.11 Å². The average molecular weight is 251 g/mol. The Hall–Kier alpha value is -1.39. The standard InChI is InChI=1S/C14H21NO3/c1-12(9-15-17-2)8-14(16)11-18-10-13-6-4-3-5-7-13/h3-7,9,12,14,16H,8,10-11H2,1-2H3. The fourth-order valence-corrected chi connectivity index (χ4v) is 1.61. The van der Waals surface area contributed by atoms with E-state index >= 15 is 0 Å². The number of hydrogen-bond acceptors (Lipinski definition) is 4. The Morgan fingerprint density at radius 1 is 1.33 bits per heavy atom. The van der Waals surface area contributed by atoms with Crippen LogP contribution in [-0.2, 0) is 16.2 Å². The predicted molar refractivity (Wildman–Crippen MR) is 71.4 cm³/mol. The molecule has 100 valence electrons. The van der Waals surface area contributed by atoms with E-state index in [2.05, 4.69) is 9.99 Å². The number of hydrogen-bond donors (Lipinski definition) is 1. The SMILES string of the molecule is CON=CC(C)CC(O)COCc1ccccc1. The molecule has 1 aromatic rings. The largest absolute Gasteiger partial charge is 0.399 e. The molecule has 1 N–H and O–H groups in total. The second-order valence-electron chi connectivity index (χ2n) is 4.30. The molecule has 0 fully saturated rings. The van der Waals surface area contributed by atoms with E-state index in [4.69, 9.17) is 4.74 Å². The molecular weight excluding hydrogens is 230 g/mol. The summed E-state index contributed by atoms with van der Waals surface area (Å²) < 4.78 is 5.46. The lowest BCUT2D eigenvalue weighted by molar-refractivity contribution is 0.0213. The molecule has 0 bridgehead atoms. The van der Waals surface area contributed by atoms with Crippen molar-refractivity contribution in [2.45, 2.75) is 26.1 Å². The van der Waals surface area contributed by atoms with Crippen LogP contribution in [-0.4, -0.2) is 31.1 Å². The third kappa shape index (κ3) is 6.37. The van der Waals surface area contributed by atoms with Crippen molar-refractivity contribution in [2.75, 3.05) is 13.7 Å². The zero-order valence-electron chi connectivity index (χ0n) is 11.0. The Morgan fingerprint density at radius 2 is 2.06 bits per heavy atom. The Morgan fingerprint density at radius 3 is 2.72 bits per heavy atom. The van der Waals surface area contributed by atoms with Crippen molar-refractivity contribution >= 4 is 6.21 Å². The highest BCUT2D eigenvalue weighted by atomic mass is 16.6. The minimum atomic E-state index is -0.480. The summed E-state index contributed by atoms with van der Waals surface area (Å²) in [7, 11) is 1.50. The quantitative estimate of drug-likeness (QED) is 0.569. The van der Waals surface area contributed by atoms with Gasteiger partial charge >= 0.3 is 0 Å². The van der Waals surface area contributed by atoms with Crippen molar-refractivity contribution in [2.24, 2.45) is 11.1 Å². The van der Waals surface area contributed by atoms with Crippen molar-refractivity contribution < 1.29 is 14.7 Å². The molecule has 1 aromatic carbocycles. The van der Waals surface area contributed by atoms with Crippen LogP contribution in [0.15, 0.2) is 35.5 Å². The molecule has 1 rings (SSSR count). The third-order valence-electron chi connectivity index (χ3n) is 2.49. The fraction of sp³-hybridized carbons (Fsp3) is 0.500. The number of aliphatic hydroxyl groups excluding tert-OH is 1. The van der Waals surface area contributed by atoms with Crippen molar-refractivity contribution in [1.29, 1.82) is 0 Å². The molecule has 0 saturated carbocycles. The molecule has 0 aliphatic heterocycles. The molecule has 4 heteroatoms. The number of benzene rings is 1. The monoisotopic (exact) mass is 251 g/mol. The number of nitrogens with zero attached hydrogens (tertiary/aromatic N) is 1. The molecule has 0 saturated heterocycles. The van der Waals surface area contributed by atoms with Crippen molar-refractivity contribution in [3.8, 4) is 0 Å². The minimum absolute atomic E-state index is 0.167. The first-order chi connectivity index (χ1) is 8.72. The molecule has 0 aliphatic carbocycles. The van der Waals surface area contributed by atoms with Gasteiger partial charge in [0.15, 0.2) is 0 Å². The Bertz CT molecular complexity index is 340. The molecule has 0 amide bonds. The van der Waals surface area contributed by atoms with Crippen LogP contribution in [0.5, 0.6) is 0 Å². The number of oxime groups is 1. The fourth-order valence-electron chi connectivity index (χ4n) is 1.61. The Labute approximate surface area is 108 Å². The maximum atomic E-state index is 9.77. The highest BCUT2D eigenvalue weighted by Crippen LogP contribution is 2.06. The summed E-state index contributed by atoms with van der Waals surface area (Å²) in [6.45, 7) is 2.83. The van der Waals surface area contributed by atoms with Gasteiger partial charge in [0.2, 0.25) is 0 Å². The second kappa shape index (κ2) is 8.66. The van der Waals surface area contributed by atoms with Crippen LogP contribution in [0, 0.1) is 5.92 Å². The van der Waals surface area contributed by atoms with Gasteiger partial charge in [-0.3, -0.25) is 0 Å². The van der Waals surface area contributed by atoms with Gasteiger partial charge in [0.25, 0.3) is 0 Å². The zero-order valence-corrected chi connectivity index (χ0v) is 11.0. The molecule has 2 atom stereocenters. The van der Waals surface area contributed by atoms with Crippen molar-refractivity contribution in [3.05, 3.63) is 35.9 Å². The Kier molecular flexibility index (Phi) is 7.06. The first kappa shape index (κ1) is 14.7. The highest BCUT2D eigenvalue weighted by molar-refractivity contribution is 5.59. The molecule has 0 heterocycles. The number of rotatable bonds is 8. The summed E-state index contributed by atoms with van der Waals surface area (Å²) in [6, 6.07) is 9.91. The van der Waals surface area contributed by atoms with E-state index in [-0.39, 0.29) is 5.92 Å². The molecule has 0 aromatic heterocycles. The first-order valence-electron chi connectivity index (χ1n) is 6.08. The van der Waals surface area contributed by atoms with Gasteiger partial charge in [0.05, 0.1) is 19.3 Å². The van der Waals surface area contributed by atoms with E-state index in [0.29, 0.717) is 19.6 Å². The molecule has 18 heavy (non-hydrogen) atoms. The Balaban J connectivity index is 2.17. The third-order valence-corrected chi connectivity index (χ3v) is 2.49. The van der Waals surface area contributed by atoms with E-state index in [1.54, 1.807) is 6.21 Å². The summed E-state index contributed by atoms with van der Waals surface area (Å²) in [6.07, 6.45) is 1.81. The lowest BCUT2D eigenvalue weighted by Gasteiger charge is -2.13. The summed E-state index contributed by atoms with van der Waals surface area (Å²) in [5.41, 5.74) is 1.11. The molecule has 0 aliphatic rings. The summed E-state index contributed by atoms with van der Waals surface area (Å²) >= 11 is 0. The summed E-state index contributed by atoms with van der Waals surface area (Å²) in [5.74, 6) is 0.167. The van der Waals surface area contributed by atoms with Gasteiger partial charge < -0.3 is 14.7 Å². The van der Waals surface area contributed by atoms with Crippen LogP contribution in [0.1, 0.15) is 18.9 Å². The number of aliphatic hydroxyl groups is 1. The van der Waals surface area contributed by atoms with Crippen LogP contribution < -0.4 is 0 Å². The first-order valence-corrected chi connectivity index (χ1v) is 6.08. The average Bonchev–Trinajstić information content (AvgIpc) is 2.37. The van der Waals surface area contributed by atoms with Crippen LogP contribution in [0.4, 0.5) is 0 Å². The molecule has 4 nitrogen and oxygen atoms in total. The summed E-state index contributed by atoms with van der Waals surface area (Å²) in [5, 5.41) is 13.4. The van der Waals surface area contributed by atoms with E-state index in [0.717, 1.165) is 5.56 Å².